The quantitative estimate of drug-likeness (QED) is 0.768. The third kappa shape index (κ3) is 2.33. The zero-order valence-electron chi connectivity index (χ0n) is 14.5. The highest BCUT2D eigenvalue weighted by atomic mass is 16.2. The first-order valence-corrected chi connectivity index (χ1v) is 9.39. The first-order valence-electron chi connectivity index (χ1n) is 9.39. The van der Waals surface area contributed by atoms with Crippen molar-refractivity contribution in [3.63, 3.8) is 0 Å². The first kappa shape index (κ1) is 15.8. The molecule has 0 spiro atoms. The Morgan fingerprint density at radius 1 is 1.12 bits per heavy atom. The smallest absolute Gasteiger partial charge is 0.324 e. The van der Waals surface area contributed by atoms with Gasteiger partial charge < -0.3 is 14.8 Å². The highest BCUT2D eigenvalue weighted by Crippen LogP contribution is 2.35. The van der Waals surface area contributed by atoms with Crippen LogP contribution >= 0.6 is 0 Å². The maximum Gasteiger partial charge on any atom is 0.338 e. The van der Waals surface area contributed by atoms with Gasteiger partial charge in [0, 0.05) is 31.2 Å². The predicted octanol–water partition coefficient (Wildman–Crippen LogP) is 0.406. The Kier molecular flexibility index (Phi) is 3.53. The van der Waals surface area contributed by atoms with Crippen LogP contribution in [-0.4, -0.2) is 55.2 Å². The number of imidazole rings is 1. The number of hydrogen-bond acceptors (Lipinski definition) is 5. The molecule has 0 aromatic carbocycles. The fraction of sp³-hybridized carbons (Fsp3) is 0.647. The van der Waals surface area contributed by atoms with Crippen molar-refractivity contribution in [2.24, 2.45) is 0 Å². The minimum atomic E-state index is -0.682. The van der Waals surface area contributed by atoms with Crippen molar-refractivity contribution >= 4 is 17.2 Å². The molecule has 5 heterocycles. The van der Waals surface area contributed by atoms with E-state index in [1.54, 1.807) is 11.2 Å². The van der Waals surface area contributed by atoms with Crippen LogP contribution in [0.4, 0.5) is 4.79 Å². The fourth-order valence-corrected chi connectivity index (χ4v) is 4.79. The summed E-state index contributed by atoms with van der Waals surface area (Å²) >= 11 is 0. The van der Waals surface area contributed by atoms with Crippen LogP contribution in [0.5, 0.6) is 0 Å². The number of nitrogens with one attached hydrogen (secondary N) is 2. The molecule has 1 amide bonds. The van der Waals surface area contributed by atoms with E-state index in [-0.39, 0.29) is 17.6 Å². The van der Waals surface area contributed by atoms with Crippen molar-refractivity contribution in [2.45, 2.75) is 56.7 Å². The fourth-order valence-electron chi connectivity index (χ4n) is 4.79. The summed E-state index contributed by atoms with van der Waals surface area (Å²) in [4.78, 5) is 45.9. The van der Waals surface area contributed by atoms with E-state index in [2.05, 4.69) is 15.3 Å². The average molecular weight is 358 g/mol. The summed E-state index contributed by atoms with van der Waals surface area (Å²) in [5.41, 5.74) is -0.728. The lowest BCUT2D eigenvalue weighted by Crippen LogP contribution is -2.43. The van der Waals surface area contributed by atoms with Gasteiger partial charge >= 0.3 is 11.7 Å². The van der Waals surface area contributed by atoms with Crippen LogP contribution in [0.15, 0.2) is 15.9 Å². The van der Waals surface area contributed by atoms with E-state index in [0.29, 0.717) is 30.8 Å². The molecule has 2 N–H and O–H groups in total. The van der Waals surface area contributed by atoms with E-state index in [1.165, 1.54) is 0 Å². The zero-order chi connectivity index (χ0) is 17.8. The molecule has 138 valence electrons. The summed E-state index contributed by atoms with van der Waals surface area (Å²) in [7, 11) is 0. The molecule has 0 radical (unpaired) electrons. The normalized spacial score (nSPS) is 28.2. The Labute approximate surface area is 149 Å². The lowest BCUT2D eigenvalue weighted by atomic mass is 10.00. The minimum absolute atomic E-state index is 0.137. The molecule has 3 aliphatic heterocycles. The summed E-state index contributed by atoms with van der Waals surface area (Å²) in [6.07, 6.45) is 7.61. The van der Waals surface area contributed by atoms with Crippen LogP contribution in [0.2, 0.25) is 0 Å². The maximum absolute atomic E-state index is 13.0. The Morgan fingerprint density at radius 2 is 1.81 bits per heavy atom. The SMILES string of the molecule is O=C(N1CCCC1)n1c(=O)[nH]c(=O)c2ncn(C3CC4CCC(C3)N4)c21. The molecular formula is C17H22N6O3. The number of rotatable bonds is 1. The van der Waals surface area contributed by atoms with Crippen molar-refractivity contribution in [1.82, 2.24) is 29.3 Å². The van der Waals surface area contributed by atoms with Gasteiger partial charge in [-0.1, -0.05) is 0 Å². The molecule has 3 aliphatic rings. The molecule has 9 heteroatoms. The molecule has 2 bridgehead atoms. The number of piperidine rings is 1. The van der Waals surface area contributed by atoms with Crippen molar-refractivity contribution in [3.05, 3.63) is 27.2 Å². The van der Waals surface area contributed by atoms with Crippen LogP contribution in [0.1, 0.15) is 44.6 Å². The molecular weight excluding hydrogens is 336 g/mol. The van der Waals surface area contributed by atoms with E-state index < -0.39 is 11.2 Å². The second-order valence-electron chi connectivity index (χ2n) is 7.66. The largest absolute Gasteiger partial charge is 0.338 e. The topological polar surface area (TPSA) is 105 Å². The number of aromatic nitrogens is 4. The molecule has 2 atom stereocenters. The van der Waals surface area contributed by atoms with Crippen LogP contribution in [0.25, 0.3) is 11.2 Å². The number of H-pyrrole nitrogens is 1. The first-order chi connectivity index (χ1) is 12.6. The van der Waals surface area contributed by atoms with Gasteiger partial charge in [-0.2, -0.15) is 4.57 Å². The van der Waals surface area contributed by atoms with Crippen LogP contribution < -0.4 is 16.6 Å². The van der Waals surface area contributed by atoms with Crippen molar-refractivity contribution in [3.8, 4) is 0 Å². The summed E-state index contributed by atoms with van der Waals surface area (Å²) in [5, 5.41) is 3.59. The number of aromatic amines is 1. The van der Waals surface area contributed by atoms with Gasteiger partial charge in [-0.05, 0) is 38.5 Å². The van der Waals surface area contributed by atoms with E-state index in [9.17, 15) is 14.4 Å². The molecule has 9 nitrogen and oxygen atoms in total. The third-order valence-electron chi connectivity index (χ3n) is 6.03. The van der Waals surface area contributed by atoms with Gasteiger partial charge in [0.05, 0.1) is 6.33 Å². The third-order valence-corrected chi connectivity index (χ3v) is 6.03. The maximum atomic E-state index is 13.0. The minimum Gasteiger partial charge on any atom is -0.324 e. The van der Waals surface area contributed by atoms with E-state index >= 15 is 0 Å². The summed E-state index contributed by atoms with van der Waals surface area (Å²) in [5.74, 6) is 0. The number of carbonyl (C=O) groups is 1. The average Bonchev–Trinajstić information content (AvgIpc) is 3.35. The zero-order valence-corrected chi connectivity index (χ0v) is 14.5. The number of fused-ring (bicyclic) bond motifs is 3. The van der Waals surface area contributed by atoms with E-state index in [1.807, 2.05) is 4.57 Å². The summed E-state index contributed by atoms with van der Waals surface area (Å²) in [6.45, 7) is 1.27. The van der Waals surface area contributed by atoms with Gasteiger partial charge in [0.1, 0.15) is 0 Å². The molecule has 5 rings (SSSR count). The van der Waals surface area contributed by atoms with Gasteiger partial charge in [0.2, 0.25) is 0 Å². The summed E-state index contributed by atoms with van der Waals surface area (Å²) in [6, 6.07) is 0.672. The molecule has 2 aromatic heterocycles. The van der Waals surface area contributed by atoms with E-state index in [0.717, 1.165) is 43.1 Å². The predicted molar refractivity (Wildman–Crippen MR) is 94.4 cm³/mol. The molecule has 2 aromatic rings. The van der Waals surface area contributed by atoms with Gasteiger partial charge in [0.15, 0.2) is 11.2 Å². The Bertz CT molecular complexity index is 971. The highest BCUT2D eigenvalue weighted by molar-refractivity contribution is 5.86. The van der Waals surface area contributed by atoms with Crippen LogP contribution in [0.3, 0.4) is 0 Å². The number of likely N-dealkylation sites (tertiary alicyclic amines) is 1. The second-order valence-corrected chi connectivity index (χ2v) is 7.66. The number of amides is 1. The van der Waals surface area contributed by atoms with Gasteiger partial charge in [-0.3, -0.25) is 9.78 Å². The Hall–Kier alpha value is -2.42. The molecule has 26 heavy (non-hydrogen) atoms. The van der Waals surface area contributed by atoms with Crippen molar-refractivity contribution in [2.75, 3.05) is 13.1 Å². The Morgan fingerprint density at radius 3 is 2.50 bits per heavy atom. The molecule has 2 unspecified atom stereocenters. The lowest BCUT2D eigenvalue weighted by Gasteiger charge is -2.30. The molecule has 0 saturated carbocycles. The standard InChI is InChI=1S/C17H22N6O3/c24-14-13-15(23(16(25)20-14)17(26)21-5-1-2-6-21)22(9-18-13)12-7-10-3-4-11(8-12)19-10/h9-12,19H,1-8H2,(H,20,24,25). The second kappa shape index (κ2) is 5.80. The number of carbonyl (C=O) groups excluding carboxylic acids is 1. The van der Waals surface area contributed by atoms with Crippen molar-refractivity contribution in [1.29, 1.82) is 0 Å². The van der Waals surface area contributed by atoms with E-state index in [4.69, 9.17) is 0 Å². The Balaban J connectivity index is 1.66. The number of nitrogens with zero attached hydrogens (tertiary/aromatic N) is 4. The molecule has 3 saturated heterocycles. The number of hydrogen-bond donors (Lipinski definition) is 2. The lowest BCUT2D eigenvalue weighted by molar-refractivity contribution is 0.209. The van der Waals surface area contributed by atoms with Crippen LogP contribution in [-0.2, 0) is 0 Å². The van der Waals surface area contributed by atoms with Crippen LogP contribution in [0, 0.1) is 0 Å². The van der Waals surface area contributed by atoms with Gasteiger partial charge in [-0.25, -0.2) is 14.6 Å². The van der Waals surface area contributed by atoms with Crippen molar-refractivity contribution < 1.29 is 4.79 Å². The summed E-state index contributed by atoms with van der Waals surface area (Å²) < 4.78 is 2.99. The van der Waals surface area contributed by atoms with Gasteiger partial charge in [0.25, 0.3) is 5.56 Å². The molecule has 3 fully saturated rings. The highest BCUT2D eigenvalue weighted by Gasteiger charge is 2.36. The van der Waals surface area contributed by atoms with Gasteiger partial charge in [-0.15, -0.1) is 0 Å². The molecule has 0 aliphatic carbocycles. The monoisotopic (exact) mass is 358 g/mol.